The summed E-state index contributed by atoms with van der Waals surface area (Å²) in [6.45, 7) is 8.14. The number of hydrogen-bond acceptors (Lipinski definition) is 3. The predicted molar refractivity (Wildman–Crippen MR) is 64.4 cm³/mol. The summed E-state index contributed by atoms with van der Waals surface area (Å²) in [5, 5.41) is 6.19. The van der Waals surface area contributed by atoms with Crippen molar-refractivity contribution in [2.75, 3.05) is 19.7 Å². The van der Waals surface area contributed by atoms with Crippen LogP contribution in [0.25, 0.3) is 0 Å². The zero-order valence-electron chi connectivity index (χ0n) is 10.6. The highest BCUT2D eigenvalue weighted by molar-refractivity contribution is 5.81. The monoisotopic (exact) mass is 228 g/mol. The molecule has 0 unspecified atom stereocenters. The molecule has 94 valence electrons. The molecule has 0 spiro atoms. The molecule has 0 bridgehead atoms. The zero-order chi connectivity index (χ0) is 12.0. The summed E-state index contributed by atoms with van der Waals surface area (Å²) in [6.07, 6.45) is 3.26. The van der Waals surface area contributed by atoms with Crippen LogP contribution in [-0.2, 0) is 9.53 Å². The van der Waals surface area contributed by atoms with Gasteiger partial charge in [0.15, 0.2) is 0 Å². The van der Waals surface area contributed by atoms with Gasteiger partial charge in [-0.15, -0.1) is 0 Å². The van der Waals surface area contributed by atoms with E-state index in [-0.39, 0.29) is 17.6 Å². The summed E-state index contributed by atoms with van der Waals surface area (Å²) < 4.78 is 5.53. The topological polar surface area (TPSA) is 50.4 Å². The van der Waals surface area contributed by atoms with Gasteiger partial charge in [-0.3, -0.25) is 4.79 Å². The molecule has 0 aliphatic carbocycles. The molecule has 0 aromatic carbocycles. The lowest BCUT2D eigenvalue weighted by atomic mass is 10.0. The number of piperidine rings is 1. The van der Waals surface area contributed by atoms with Crippen LogP contribution in [0.5, 0.6) is 0 Å². The lowest BCUT2D eigenvalue weighted by Gasteiger charge is -2.27. The van der Waals surface area contributed by atoms with Crippen LogP contribution in [-0.4, -0.2) is 37.2 Å². The molecule has 0 saturated carbocycles. The van der Waals surface area contributed by atoms with Crippen molar-refractivity contribution >= 4 is 5.91 Å². The Morgan fingerprint density at radius 1 is 1.50 bits per heavy atom. The Kier molecular flexibility index (Phi) is 5.22. The van der Waals surface area contributed by atoms with Crippen molar-refractivity contribution in [2.24, 2.45) is 0 Å². The van der Waals surface area contributed by atoms with Crippen LogP contribution in [0.15, 0.2) is 0 Å². The molecule has 1 aliphatic heterocycles. The van der Waals surface area contributed by atoms with Gasteiger partial charge >= 0.3 is 0 Å². The van der Waals surface area contributed by atoms with Gasteiger partial charge in [0, 0.05) is 13.2 Å². The number of rotatable bonds is 5. The lowest BCUT2D eigenvalue weighted by Crippen LogP contribution is -2.50. The van der Waals surface area contributed by atoms with Gasteiger partial charge in [-0.25, -0.2) is 0 Å². The normalized spacial score (nSPS) is 21.8. The van der Waals surface area contributed by atoms with Crippen LogP contribution in [0.2, 0.25) is 0 Å². The predicted octanol–water partition coefficient (Wildman–Crippen LogP) is 1.06. The van der Waals surface area contributed by atoms with E-state index in [1.807, 2.05) is 20.8 Å². The van der Waals surface area contributed by atoms with Crippen molar-refractivity contribution in [1.29, 1.82) is 0 Å². The van der Waals surface area contributed by atoms with Gasteiger partial charge in [0.05, 0.1) is 11.6 Å². The highest BCUT2D eigenvalue weighted by Crippen LogP contribution is 2.09. The fraction of sp³-hybridized carbons (Fsp3) is 0.917. The van der Waals surface area contributed by atoms with E-state index >= 15 is 0 Å². The van der Waals surface area contributed by atoms with E-state index in [1.54, 1.807) is 0 Å². The van der Waals surface area contributed by atoms with Crippen LogP contribution < -0.4 is 10.6 Å². The average molecular weight is 228 g/mol. The summed E-state index contributed by atoms with van der Waals surface area (Å²) in [5.41, 5.74) is -0.279. The quantitative estimate of drug-likeness (QED) is 0.740. The molecule has 16 heavy (non-hydrogen) atoms. The minimum atomic E-state index is -0.279. The maximum absolute atomic E-state index is 11.8. The van der Waals surface area contributed by atoms with Crippen molar-refractivity contribution in [3.63, 3.8) is 0 Å². The Hall–Kier alpha value is -0.610. The minimum Gasteiger partial charge on any atom is -0.374 e. The SMILES string of the molecule is CCOC(C)(C)CNC(=O)[C@@H]1CCCCN1. The Labute approximate surface area is 98.1 Å². The van der Waals surface area contributed by atoms with Crippen molar-refractivity contribution in [3.8, 4) is 0 Å². The second-order valence-electron chi connectivity index (χ2n) is 4.91. The van der Waals surface area contributed by atoms with E-state index in [1.165, 1.54) is 6.42 Å². The number of hydrogen-bond donors (Lipinski definition) is 2. The maximum atomic E-state index is 11.8. The Morgan fingerprint density at radius 2 is 2.25 bits per heavy atom. The smallest absolute Gasteiger partial charge is 0.237 e. The number of carbonyl (C=O) groups is 1. The third kappa shape index (κ3) is 4.49. The Morgan fingerprint density at radius 3 is 2.81 bits per heavy atom. The van der Waals surface area contributed by atoms with Gasteiger partial charge in [0.1, 0.15) is 0 Å². The van der Waals surface area contributed by atoms with E-state index < -0.39 is 0 Å². The fourth-order valence-corrected chi connectivity index (χ4v) is 1.94. The Bertz CT molecular complexity index is 223. The number of ether oxygens (including phenoxy) is 1. The largest absolute Gasteiger partial charge is 0.374 e. The standard InChI is InChI=1S/C12H24N2O2/c1-4-16-12(2,3)9-14-11(15)10-7-5-6-8-13-10/h10,13H,4-9H2,1-3H3,(H,14,15)/t10-/m0/s1. The lowest BCUT2D eigenvalue weighted by molar-refractivity contribution is -0.125. The summed E-state index contributed by atoms with van der Waals surface area (Å²) in [5.74, 6) is 0.104. The fourth-order valence-electron chi connectivity index (χ4n) is 1.94. The number of amides is 1. The summed E-state index contributed by atoms with van der Waals surface area (Å²) in [4.78, 5) is 11.8. The van der Waals surface area contributed by atoms with Crippen LogP contribution in [0.1, 0.15) is 40.0 Å². The van der Waals surface area contributed by atoms with Crippen LogP contribution in [0.3, 0.4) is 0 Å². The van der Waals surface area contributed by atoms with Crippen molar-refractivity contribution in [3.05, 3.63) is 0 Å². The molecule has 1 saturated heterocycles. The molecule has 2 N–H and O–H groups in total. The first-order valence-electron chi connectivity index (χ1n) is 6.20. The molecule has 4 heteroatoms. The first-order chi connectivity index (χ1) is 7.55. The van der Waals surface area contributed by atoms with Crippen molar-refractivity contribution in [1.82, 2.24) is 10.6 Å². The summed E-state index contributed by atoms with van der Waals surface area (Å²) >= 11 is 0. The molecular formula is C12H24N2O2. The third-order valence-electron chi connectivity index (χ3n) is 2.85. The molecule has 4 nitrogen and oxygen atoms in total. The zero-order valence-corrected chi connectivity index (χ0v) is 10.6. The molecule has 1 heterocycles. The van der Waals surface area contributed by atoms with Gasteiger partial charge in [-0.1, -0.05) is 6.42 Å². The van der Waals surface area contributed by atoms with Crippen LogP contribution in [0.4, 0.5) is 0 Å². The van der Waals surface area contributed by atoms with Crippen molar-refractivity contribution < 1.29 is 9.53 Å². The molecule has 1 aliphatic rings. The summed E-state index contributed by atoms with van der Waals surface area (Å²) in [7, 11) is 0. The average Bonchev–Trinajstić information content (AvgIpc) is 2.27. The van der Waals surface area contributed by atoms with E-state index in [2.05, 4.69) is 10.6 Å². The highest BCUT2D eigenvalue weighted by Gasteiger charge is 2.23. The van der Waals surface area contributed by atoms with E-state index in [4.69, 9.17) is 4.74 Å². The van der Waals surface area contributed by atoms with Gasteiger partial charge in [-0.2, -0.15) is 0 Å². The minimum absolute atomic E-state index is 0.00817. The molecule has 0 aromatic heterocycles. The highest BCUT2D eigenvalue weighted by atomic mass is 16.5. The van der Waals surface area contributed by atoms with Gasteiger partial charge in [-0.05, 0) is 40.2 Å². The van der Waals surface area contributed by atoms with E-state index in [0.29, 0.717) is 13.2 Å². The molecule has 0 radical (unpaired) electrons. The van der Waals surface area contributed by atoms with Crippen LogP contribution in [0, 0.1) is 0 Å². The van der Waals surface area contributed by atoms with Gasteiger partial charge < -0.3 is 15.4 Å². The Balaban J connectivity index is 2.28. The second kappa shape index (κ2) is 6.21. The first kappa shape index (κ1) is 13.5. The maximum Gasteiger partial charge on any atom is 0.237 e. The second-order valence-corrected chi connectivity index (χ2v) is 4.91. The molecule has 1 atom stereocenters. The molecule has 1 rings (SSSR count). The molecule has 0 aromatic rings. The molecular weight excluding hydrogens is 204 g/mol. The number of nitrogens with one attached hydrogen (secondary N) is 2. The summed E-state index contributed by atoms with van der Waals surface area (Å²) in [6, 6.07) is -0.00817. The van der Waals surface area contributed by atoms with Gasteiger partial charge in [0.2, 0.25) is 5.91 Å². The van der Waals surface area contributed by atoms with E-state index in [9.17, 15) is 4.79 Å². The van der Waals surface area contributed by atoms with E-state index in [0.717, 1.165) is 19.4 Å². The van der Waals surface area contributed by atoms with Crippen molar-refractivity contribution in [2.45, 2.75) is 51.7 Å². The van der Waals surface area contributed by atoms with Crippen LogP contribution >= 0.6 is 0 Å². The van der Waals surface area contributed by atoms with Gasteiger partial charge in [0.25, 0.3) is 0 Å². The number of carbonyl (C=O) groups excluding carboxylic acids is 1. The molecule has 1 amide bonds. The first-order valence-corrected chi connectivity index (χ1v) is 6.20. The third-order valence-corrected chi connectivity index (χ3v) is 2.85. The molecule has 1 fully saturated rings.